The summed E-state index contributed by atoms with van der Waals surface area (Å²) in [4.78, 5) is -0.564. The summed E-state index contributed by atoms with van der Waals surface area (Å²) in [5.41, 5.74) is 5.38. The summed E-state index contributed by atoms with van der Waals surface area (Å²) in [6.07, 6.45) is 1.16. The normalized spacial score (nSPS) is 12.7. The van der Waals surface area contributed by atoms with E-state index in [1.165, 1.54) is 6.92 Å². The van der Waals surface area contributed by atoms with Gasteiger partial charge in [0.25, 0.3) is 0 Å². The van der Waals surface area contributed by atoms with Gasteiger partial charge in [-0.2, -0.15) is 0 Å². The fraction of sp³-hybridized carbons (Fsp3) is 0.538. The molecule has 0 spiro atoms. The van der Waals surface area contributed by atoms with Crippen molar-refractivity contribution in [2.24, 2.45) is 5.73 Å². The number of sulfonamides is 1. The molecule has 4 nitrogen and oxygen atoms in total. The van der Waals surface area contributed by atoms with E-state index >= 15 is 0 Å². The Bertz CT molecular complexity index is 584. The number of rotatable bonds is 6. The van der Waals surface area contributed by atoms with Gasteiger partial charge in [-0.05, 0) is 31.4 Å². The quantitative estimate of drug-likeness (QED) is 0.845. The predicted octanol–water partition coefficient (Wildman–Crippen LogP) is 2.07. The predicted molar refractivity (Wildman–Crippen MR) is 73.8 cm³/mol. The molecule has 20 heavy (non-hydrogen) atoms. The molecule has 7 heteroatoms. The van der Waals surface area contributed by atoms with Crippen LogP contribution in [0.25, 0.3) is 0 Å². The first-order chi connectivity index (χ1) is 9.15. The largest absolute Gasteiger partial charge is 0.324 e. The number of aryl methyl sites for hydroxylation is 1. The molecule has 1 aromatic rings. The van der Waals surface area contributed by atoms with Gasteiger partial charge in [0.1, 0.15) is 16.5 Å². The summed E-state index contributed by atoms with van der Waals surface area (Å²) in [7, 11) is -4.06. The third kappa shape index (κ3) is 3.74. The Kier molecular flexibility index (Phi) is 5.23. The minimum atomic E-state index is -4.06. The Labute approximate surface area is 118 Å². The highest BCUT2D eigenvalue weighted by Gasteiger charge is 2.26. The van der Waals surface area contributed by atoms with E-state index in [-0.39, 0.29) is 12.1 Å². The first-order valence-electron chi connectivity index (χ1n) is 6.39. The topological polar surface area (TPSA) is 72.2 Å². The lowest BCUT2D eigenvalue weighted by molar-refractivity contribution is 0.391. The van der Waals surface area contributed by atoms with Gasteiger partial charge in [0, 0.05) is 18.2 Å². The van der Waals surface area contributed by atoms with Crippen molar-refractivity contribution in [1.82, 2.24) is 4.72 Å². The van der Waals surface area contributed by atoms with Gasteiger partial charge in [-0.15, -0.1) is 0 Å². The van der Waals surface area contributed by atoms with Crippen LogP contribution in [0.3, 0.4) is 0 Å². The van der Waals surface area contributed by atoms with Gasteiger partial charge in [0.05, 0.1) is 0 Å². The highest BCUT2D eigenvalue weighted by Crippen LogP contribution is 2.19. The molecule has 0 saturated heterocycles. The van der Waals surface area contributed by atoms with Crippen molar-refractivity contribution in [3.63, 3.8) is 0 Å². The van der Waals surface area contributed by atoms with Gasteiger partial charge in [0.15, 0.2) is 0 Å². The first-order valence-corrected chi connectivity index (χ1v) is 7.87. The van der Waals surface area contributed by atoms with E-state index in [0.717, 1.165) is 6.07 Å². The molecule has 1 aromatic carbocycles. The highest BCUT2D eigenvalue weighted by atomic mass is 32.2. The Morgan fingerprint density at radius 3 is 2.25 bits per heavy atom. The summed E-state index contributed by atoms with van der Waals surface area (Å²) in [5, 5.41) is 0. The molecule has 3 N–H and O–H groups in total. The zero-order chi connectivity index (χ0) is 15.6. The smallest absolute Gasteiger partial charge is 0.243 e. The van der Waals surface area contributed by atoms with Crippen molar-refractivity contribution >= 4 is 10.0 Å². The number of hydrogen-bond donors (Lipinski definition) is 2. The van der Waals surface area contributed by atoms with Crippen LogP contribution in [0.1, 0.15) is 32.3 Å². The molecule has 0 aliphatic carbocycles. The summed E-state index contributed by atoms with van der Waals surface area (Å²) < 4.78 is 53.2. The van der Waals surface area contributed by atoms with Crippen molar-refractivity contribution in [2.45, 2.75) is 44.0 Å². The van der Waals surface area contributed by atoms with E-state index in [9.17, 15) is 17.2 Å². The molecule has 0 aliphatic rings. The van der Waals surface area contributed by atoms with Crippen molar-refractivity contribution in [1.29, 1.82) is 0 Å². The van der Waals surface area contributed by atoms with Crippen LogP contribution >= 0.6 is 0 Å². The molecule has 0 aromatic heterocycles. The van der Waals surface area contributed by atoms with Gasteiger partial charge >= 0.3 is 0 Å². The molecule has 0 amide bonds. The third-order valence-corrected chi connectivity index (χ3v) is 4.94. The lowest BCUT2D eigenvalue weighted by Gasteiger charge is -2.26. The summed E-state index contributed by atoms with van der Waals surface area (Å²) in [5.74, 6) is -1.90. The van der Waals surface area contributed by atoms with E-state index in [4.69, 9.17) is 5.73 Å². The summed E-state index contributed by atoms with van der Waals surface area (Å²) in [6, 6.07) is 1.54. The molecule has 114 valence electrons. The molecule has 0 atom stereocenters. The molecule has 0 unspecified atom stereocenters. The van der Waals surface area contributed by atoms with E-state index in [0.29, 0.717) is 18.9 Å². The van der Waals surface area contributed by atoms with Crippen molar-refractivity contribution in [2.75, 3.05) is 6.54 Å². The van der Waals surface area contributed by atoms with Crippen molar-refractivity contribution < 1.29 is 17.2 Å². The lowest BCUT2D eigenvalue weighted by atomic mass is 9.95. The lowest BCUT2D eigenvalue weighted by Crippen LogP contribution is -2.49. The number of hydrogen-bond acceptors (Lipinski definition) is 3. The van der Waals surface area contributed by atoms with Crippen LogP contribution in [0.4, 0.5) is 8.78 Å². The SMILES string of the molecule is CCC(N)(CC)CNS(=O)(=O)c1cc(C)c(F)cc1F. The van der Waals surface area contributed by atoms with Crippen LogP contribution in [0.15, 0.2) is 17.0 Å². The fourth-order valence-corrected chi connectivity index (χ4v) is 2.93. The van der Waals surface area contributed by atoms with Crippen LogP contribution in [0, 0.1) is 18.6 Å². The van der Waals surface area contributed by atoms with Crippen molar-refractivity contribution in [3.05, 3.63) is 29.3 Å². The summed E-state index contributed by atoms with van der Waals surface area (Å²) in [6.45, 7) is 5.07. The highest BCUT2D eigenvalue weighted by molar-refractivity contribution is 7.89. The third-order valence-electron chi connectivity index (χ3n) is 3.53. The Balaban J connectivity index is 3.04. The second-order valence-corrected chi connectivity index (χ2v) is 6.66. The molecule has 0 heterocycles. The Morgan fingerprint density at radius 2 is 1.75 bits per heavy atom. The average Bonchev–Trinajstić information content (AvgIpc) is 2.40. The van der Waals surface area contributed by atoms with E-state index < -0.39 is 32.1 Å². The fourth-order valence-electron chi connectivity index (χ4n) is 1.65. The molecule has 1 rings (SSSR count). The molecule has 0 fully saturated rings. The first kappa shape index (κ1) is 17.0. The zero-order valence-corrected chi connectivity index (χ0v) is 12.7. The minimum absolute atomic E-state index is 0.00179. The minimum Gasteiger partial charge on any atom is -0.324 e. The molecular formula is C13H20F2N2O2S. The Hall–Kier alpha value is -1.05. The van der Waals surface area contributed by atoms with Gasteiger partial charge < -0.3 is 5.73 Å². The maximum atomic E-state index is 13.6. The van der Waals surface area contributed by atoms with Crippen molar-refractivity contribution in [3.8, 4) is 0 Å². The zero-order valence-electron chi connectivity index (χ0n) is 11.8. The Morgan fingerprint density at radius 1 is 1.20 bits per heavy atom. The number of benzene rings is 1. The second kappa shape index (κ2) is 6.15. The van der Waals surface area contributed by atoms with Gasteiger partial charge in [-0.25, -0.2) is 21.9 Å². The van der Waals surface area contributed by atoms with Gasteiger partial charge in [-0.3, -0.25) is 0 Å². The molecule has 0 aliphatic heterocycles. The number of halogens is 2. The van der Waals surface area contributed by atoms with Crippen LogP contribution < -0.4 is 10.5 Å². The monoisotopic (exact) mass is 306 g/mol. The van der Waals surface area contributed by atoms with E-state index in [1.807, 2.05) is 13.8 Å². The molecular weight excluding hydrogens is 286 g/mol. The number of nitrogens with two attached hydrogens (primary N) is 1. The average molecular weight is 306 g/mol. The molecule has 0 radical (unpaired) electrons. The maximum Gasteiger partial charge on any atom is 0.243 e. The van der Waals surface area contributed by atoms with Crippen LogP contribution in [-0.2, 0) is 10.0 Å². The van der Waals surface area contributed by atoms with Gasteiger partial charge in [0.2, 0.25) is 10.0 Å². The van der Waals surface area contributed by atoms with E-state index in [2.05, 4.69) is 4.72 Å². The second-order valence-electron chi connectivity index (χ2n) is 4.93. The van der Waals surface area contributed by atoms with Gasteiger partial charge in [-0.1, -0.05) is 13.8 Å². The van der Waals surface area contributed by atoms with E-state index in [1.54, 1.807) is 0 Å². The van der Waals surface area contributed by atoms with Crippen LogP contribution in [0.2, 0.25) is 0 Å². The maximum absolute atomic E-state index is 13.6. The van der Waals surface area contributed by atoms with Crippen LogP contribution in [-0.4, -0.2) is 20.5 Å². The molecule has 0 bridgehead atoms. The number of nitrogens with one attached hydrogen (secondary N) is 1. The summed E-state index contributed by atoms with van der Waals surface area (Å²) >= 11 is 0. The standard InChI is InChI=1S/C13H20F2N2O2S/c1-4-13(16,5-2)8-17-20(18,19)12-6-9(3)10(14)7-11(12)15/h6-7,17H,4-5,8,16H2,1-3H3. The van der Waals surface area contributed by atoms with Crippen LogP contribution in [0.5, 0.6) is 0 Å². The molecule has 0 saturated carbocycles.